The first-order chi connectivity index (χ1) is 11.5. The van der Waals surface area contributed by atoms with E-state index in [0.29, 0.717) is 18.7 Å². The third-order valence-electron chi connectivity index (χ3n) is 4.45. The second-order valence-electron chi connectivity index (χ2n) is 6.11. The summed E-state index contributed by atoms with van der Waals surface area (Å²) >= 11 is 0. The fraction of sp³-hybridized carbons (Fsp3) is 0.438. The average molecular weight is 335 g/mol. The van der Waals surface area contributed by atoms with Crippen LogP contribution in [0.25, 0.3) is 0 Å². The van der Waals surface area contributed by atoms with Gasteiger partial charge >= 0.3 is 0 Å². The number of rotatable bonds is 4. The van der Waals surface area contributed by atoms with E-state index in [1.165, 1.54) is 12.1 Å². The summed E-state index contributed by atoms with van der Waals surface area (Å²) in [5, 5.41) is 7.67. The van der Waals surface area contributed by atoms with Crippen LogP contribution in [-0.4, -0.2) is 38.9 Å². The van der Waals surface area contributed by atoms with Gasteiger partial charge in [-0.25, -0.2) is 13.5 Å². The summed E-state index contributed by atoms with van der Waals surface area (Å²) in [6, 6.07) is 2.86. The van der Waals surface area contributed by atoms with Gasteiger partial charge in [0.2, 0.25) is 0 Å². The van der Waals surface area contributed by atoms with Gasteiger partial charge < -0.3 is 5.73 Å². The minimum Gasteiger partial charge on any atom is -0.364 e. The van der Waals surface area contributed by atoms with Crippen LogP contribution in [0.3, 0.4) is 0 Å². The van der Waals surface area contributed by atoms with Crippen molar-refractivity contribution in [1.29, 1.82) is 0 Å². The summed E-state index contributed by atoms with van der Waals surface area (Å²) in [5.74, 6) is -1.59. The predicted molar refractivity (Wildman–Crippen MR) is 83.2 cm³/mol. The summed E-state index contributed by atoms with van der Waals surface area (Å²) in [6.45, 7) is 3.24. The molecule has 1 aromatic carbocycles. The number of halogens is 2. The number of amides is 1. The molecule has 0 atom stereocenters. The molecule has 24 heavy (non-hydrogen) atoms. The van der Waals surface area contributed by atoms with E-state index in [2.05, 4.69) is 10.3 Å². The van der Waals surface area contributed by atoms with Gasteiger partial charge in [0, 0.05) is 25.2 Å². The van der Waals surface area contributed by atoms with Crippen molar-refractivity contribution in [1.82, 2.24) is 19.9 Å². The number of likely N-dealkylation sites (tertiary alicyclic amines) is 1. The van der Waals surface area contributed by atoms with Crippen LogP contribution in [0.4, 0.5) is 8.78 Å². The van der Waals surface area contributed by atoms with Crippen molar-refractivity contribution >= 4 is 5.91 Å². The van der Waals surface area contributed by atoms with Gasteiger partial charge in [-0.2, -0.15) is 0 Å². The lowest BCUT2D eigenvalue weighted by Crippen LogP contribution is -2.35. The van der Waals surface area contributed by atoms with Crippen molar-refractivity contribution in [3.05, 3.63) is 46.8 Å². The van der Waals surface area contributed by atoms with Crippen molar-refractivity contribution in [3.63, 3.8) is 0 Å². The van der Waals surface area contributed by atoms with Gasteiger partial charge in [-0.3, -0.25) is 9.69 Å². The van der Waals surface area contributed by atoms with Crippen molar-refractivity contribution in [2.45, 2.75) is 32.4 Å². The van der Waals surface area contributed by atoms with Gasteiger partial charge in [0.15, 0.2) is 5.69 Å². The van der Waals surface area contributed by atoms with Gasteiger partial charge in [0.25, 0.3) is 5.91 Å². The second kappa shape index (κ2) is 6.64. The number of nitrogens with two attached hydrogens (primary N) is 1. The van der Waals surface area contributed by atoms with E-state index in [0.717, 1.165) is 12.8 Å². The number of hydrogen-bond donors (Lipinski definition) is 1. The first-order valence-corrected chi connectivity index (χ1v) is 7.83. The third-order valence-corrected chi connectivity index (χ3v) is 4.45. The average Bonchev–Trinajstić information content (AvgIpc) is 3.06. The third kappa shape index (κ3) is 3.28. The zero-order chi connectivity index (χ0) is 17.3. The molecule has 8 heteroatoms. The Morgan fingerprint density at radius 1 is 1.33 bits per heavy atom. The first kappa shape index (κ1) is 16.5. The van der Waals surface area contributed by atoms with Crippen molar-refractivity contribution in [2.75, 3.05) is 13.1 Å². The summed E-state index contributed by atoms with van der Waals surface area (Å²) in [6.07, 6.45) is 3.07. The molecule has 0 spiro atoms. The fourth-order valence-electron chi connectivity index (χ4n) is 2.99. The Morgan fingerprint density at radius 2 is 2.04 bits per heavy atom. The highest BCUT2D eigenvalue weighted by Gasteiger charge is 2.24. The van der Waals surface area contributed by atoms with Crippen molar-refractivity contribution < 1.29 is 13.6 Å². The molecule has 0 bridgehead atoms. The molecule has 0 aliphatic carbocycles. The Hall–Kier alpha value is -2.35. The summed E-state index contributed by atoms with van der Waals surface area (Å²) in [7, 11) is 0. The van der Waals surface area contributed by atoms with E-state index >= 15 is 0 Å². The van der Waals surface area contributed by atoms with E-state index in [-0.39, 0.29) is 23.8 Å². The molecule has 1 aliphatic heterocycles. The van der Waals surface area contributed by atoms with Gasteiger partial charge in [-0.15, -0.1) is 5.10 Å². The topological polar surface area (TPSA) is 77.0 Å². The molecule has 2 N–H and O–H groups in total. The molecular formula is C16H19F2N5O. The smallest absolute Gasteiger partial charge is 0.270 e. The Balaban J connectivity index is 1.63. The number of piperidine rings is 1. The molecule has 0 saturated carbocycles. The van der Waals surface area contributed by atoms with Crippen molar-refractivity contribution in [2.24, 2.45) is 5.73 Å². The molecule has 1 fully saturated rings. The normalized spacial score (nSPS) is 16.5. The lowest BCUT2D eigenvalue weighted by molar-refractivity contribution is 0.0995. The molecular weight excluding hydrogens is 316 g/mol. The first-order valence-electron chi connectivity index (χ1n) is 7.83. The zero-order valence-corrected chi connectivity index (χ0v) is 13.4. The summed E-state index contributed by atoms with van der Waals surface area (Å²) in [5.41, 5.74) is 5.87. The molecule has 2 heterocycles. The van der Waals surface area contributed by atoms with Gasteiger partial charge in [-0.1, -0.05) is 11.3 Å². The molecule has 0 radical (unpaired) electrons. The lowest BCUT2D eigenvalue weighted by Gasteiger charge is -2.32. The highest BCUT2D eigenvalue weighted by Crippen LogP contribution is 2.25. The number of hydrogen-bond acceptors (Lipinski definition) is 4. The molecule has 128 valence electrons. The van der Waals surface area contributed by atoms with E-state index in [1.54, 1.807) is 17.8 Å². The van der Waals surface area contributed by atoms with Gasteiger partial charge in [0.1, 0.15) is 11.6 Å². The maximum Gasteiger partial charge on any atom is 0.270 e. The molecule has 6 nitrogen and oxygen atoms in total. The Labute approximate surface area is 138 Å². The fourth-order valence-corrected chi connectivity index (χ4v) is 2.99. The number of primary amides is 1. The number of nitrogens with zero attached hydrogens (tertiary/aromatic N) is 4. The maximum absolute atomic E-state index is 14.1. The lowest BCUT2D eigenvalue weighted by atomic mass is 10.0. The van der Waals surface area contributed by atoms with Gasteiger partial charge in [0.05, 0.1) is 12.2 Å². The van der Waals surface area contributed by atoms with Crippen LogP contribution >= 0.6 is 0 Å². The highest BCUT2D eigenvalue weighted by atomic mass is 19.1. The number of carbonyl (C=O) groups is 1. The summed E-state index contributed by atoms with van der Waals surface area (Å²) < 4.78 is 29.6. The molecule has 1 aliphatic rings. The number of aromatic nitrogens is 3. The minimum absolute atomic E-state index is 0.106. The maximum atomic E-state index is 14.1. The van der Waals surface area contributed by atoms with Gasteiger partial charge in [-0.05, 0) is 31.4 Å². The summed E-state index contributed by atoms with van der Waals surface area (Å²) in [4.78, 5) is 13.1. The van der Waals surface area contributed by atoms with Crippen LogP contribution in [0.1, 0.15) is 40.5 Å². The number of benzene rings is 1. The largest absolute Gasteiger partial charge is 0.364 e. The van der Waals surface area contributed by atoms with E-state index < -0.39 is 17.5 Å². The van der Waals surface area contributed by atoms with Crippen molar-refractivity contribution in [3.8, 4) is 0 Å². The Kier molecular flexibility index (Phi) is 4.57. The van der Waals surface area contributed by atoms with Crippen LogP contribution < -0.4 is 5.73 Å². The molecule has 1 saturated heterocycles. The molecule has 0 unspecified atom stereocenters. The van der Waals surface area contributed by atoms with Crippen LogP contribution in [0.5, 0.6) is 0 Å². The number of carbonyl (C=O) groups excluding carboxylic acids is 1. The molecule has 3 rings (SSSR count). The van der Waals surface area contributed by atoms with Crippen LogP contribution in [0.2, 0.25) is 0 Å². The van der Waals surface area contributed by atoms with Crippen LogP contribution in [0.15, 0.2) is 18.3 Å². The SMILES string of the molecule is Cc1ccc(F)c(CN2CCC(n3cc(C(N)=O)nn3)CC2)c1F. The van der Waals surface area contributed by atoms with Crippen LogP contribution in [-0.2, 0) is 6.54 Å². The predicted octanol–water partition coefficient (Wildman–Crippen LogP) is 1.80. The van der Waals surface area contributed by atoms with E-state index in [1.807, 2.05) is 4.90 Å². The zero-order valence-electron chi connectivity index (χ0n) is 13.4. The molecule has 1 aromatic heterocycles. The molecule has 2 aromatic rings. The van der Waals surface area contributed by atoms with E-state index in [4.69, 9.17) is 5.73 Å². The minimum atomic E-state index is -0.607. The van der Waals surface area contributed by atoms with Crippen LogP contribution in [0, 0.1) is 18.6 Å². The molecule has 1 amide bonds. The number of aryl methyl sites for hydroxylation is 1. The second-order valence-corrected chi connectivity index (χ2v) is 6.11. The monoisotopic (exact) mass is 335 g/mol. The Bertz CT molecular complexity index is 753. The standard InChI is InChI=1S/C16H19F2N5O/c1-10-2-3-13(17)12(15(10)18)8-22-6-4-11(5-7-22)23-9-14(16(19)24)20-21-23/h2-3,9,11H,4-8H2,1H3,(H2,19,24). The Morgan fingerprint density at radius 3 is 2.67 bits per heavy atom. The highest BCUT2D eigenvalue weighted by molar-refractivity contribution is 5.90. The quantitative estimate of drug-likeness (QED) is 0.924. The van der Waals surface area contributed by atoms with E-state index in [9.17, 15) is 13.6 Å².